The van der Waals surface area contributed by atoms with Crippen LogP contribution >= 0.6 is 0 Å². The van der Waals surface area contributed by atoms with Crippen LogP contribution in [0.15, 0.2) is 66.9 Å². The number of benzene rings is 2. The van der Waals surface area contributed by atoms with Crippen LogP contribution in [0.5, 0.6) is 0 Å². The molecule has 3 aromatic rings. The molecule has 0 aliphatic rings. The van der Waals surface area contributed by atoms with E-state index in [1.54, 1.807) is 30.5 Å². The molecule has 1 atom stereocenters. The van der Waals surface area contributed by atoms with Gasteiger partial charge in [-0.3, -0.25) is 0 Å². The maximum Gasteiger partial charge on any atom is 0.161 e. The van der Waals surface area contributed by atoms with Crippen molar-refractivity contribution < 1.29 is 9.50 Å². The number of aromatic nitrogens is 2. The summed E-state index contributed by atoms with van der Waals surface area (Å²) in [6.45, 7) is 0.159. The van der Waals surface area contributed by atoms with Crippen LogP contribution in [0.1, 0.15) is 11.7 Å². The molecular weight excluding hydrogens is 293 g/mol. The summed E-state index contributed by atoms with van der Waals surface area (Å²) in [4.78, 5) is 8.64. The van der Waals surface area contributed by atoms with Crippen molar-refractivity contribution in [3.05, 3.63) is 78.2 Å². The Morgan fingerprint density at radius 1 is 1.00 bits per heavy atom. The average Bonchev–Trinajstić information content (AvgIpc) is 2.61. The molecule has 1 unspecified atom stereocenters. The smallest absolute Gasteiger partial charge is 0.161 e. The standard InChI is InChI=1S/C18H16FN3O/c19-15-9-5-4-8-14(15)16(23)12-21-17-10-11-20-18(22-17)13-6-2-1-3-7-13/h1-11,16,23H,12H2,(H,20,21,22). The summed E-state index contributed by atoms with van der Waals surface area (Å²) in [5.74, 6) is 0.750. The molecule has 1 aromatic heterocycles. The van der Waals surface area contributed by atoms with E-state index >= 15 is 0 Å². The predicted molar refractivity (Wildman–Crippen MR) is 87.3 cm³/mol. The lowest BCUT2D eigenvalue weighted by Gasteiger charge is -2.13. The van der Waals surface area contributed by atoms with Gasteiger partial charge >= 0.3 is 0 Å². The Balaban J connectivity index is 1.71. The molecule has 5 heteroatoms. The first kappa shape index (κ1) is 15.1. The van der Waals surface area contributed by atoms with E-state index in [1.807, 2.05) is 30.3 Å². The molecule has 0 bridgehead atoms. The molecule has 0 amide bonds. The molecule has 3 rings (SSSR count). The van der Waals surface area contributed by atoms with Crippen molar-refractivity contribution in [2.75, 3.05) is 11.9 Å². The second-order valence-corrected chi connectivity index (χ2v) is 5.05. The summed E-state index contributed by atoms with van der Waals surface area (Å²) >= 11 is 0. The van der Waals surface area contributed by atoms with Crippen molar-refractivity contribution in [1.82, 2.24) is 9.97 Å². The monoisotopic (exact) mass is 309 g/mol. The Labute approximate surface area is 133 Å². The van der Waals surface area contributed by atoms with Gasteiger partial charge in [0.15, 0.2) is 5.82 Å². The van der Waals surface area contributed by atoms with Gasteiger partial charge in [-0.15, -0.1) is 0 Å². The molecule has 23 heavy (non-hydrogen) atoms. The van der Waals surface area contributed by atoms with Crippen LogP contribution < -0.4 is 5.32 Å². The molecule has 2 aromatic carbocycles. The van der Waals surface area contributed by atoms with Gasteiger partial charge in [0.2, 0.25) is 0 Å². The maximum absolute atomic E-state index is 13.6. The van der Waals surface area contributed by atoms with E-state index in [0.29, 0.717) is 11.6 Å². The first-order valence-electron chi connectivity index (χ1n) is 7.29. The maximum atomic E-state index is 13.6. The van der Waals surface area contributed by atoms with Crippen LogP contribution in [0, 0.1) is 5.82 Å². The summed E-state index contributed by atoms with van der Waals surface area (Å²) in [6, 6.07) is 17.5. The minimum Gasteiger partial charge on any atom is -0.386 e. The molecule has 0 radical (unpaired) electrons. The SMILES string of the molecule is OC(CNc1ccnc(-c2ccccc2)n1)c1ccccc1F. The van der Waals surface area contributed by atoms with Gasteiger partial charge in [0.25, 0.3) is 0 Å². The van der Waals surface area contributed by atoms with Crippen LogP contribution in [0.3, 0.4) is 0 Å². The van der Waals surface area contributed by atoms with Crippen molar-refractivity contribution in [3.63, 3.8) is 0 Å². The fourth-order valence-corrected chi connectivity index (χ4v) is 2.24. The third-order valence-corrected chi connectivity index (χ3v) is 3.43. The van der Waals surface area contributed by atoms with Crippen LogP contribution in [-0.2, 0) is 0 Å². The lowest BCUT2D eigenvalue weighted by Crippen LogP contribution is -2.14. The Hall–Kier alpha value is -2.79. The molecule has 4 nitrogen and oxygen atoms in total. The van der Waals surface area contributed by atoms with Crippen LogP contribution in [0.4, 0.5) is 10.2 Å². The lowest BCUT2D eigenvalue weighted by atomic mass is 10.1. The Bertz CT molecular complexity index is 780. The Morgan fingerprint density at radius 2 is 1.74 bits per heavy atom. The molecule has 116 valence electrons. The van der Waals surface area contributed by atoms with Crippen molar-refractivity contribution in [2.45, 2.75) is 6.10 Å². The van der Waals surface area contributed by atoms with Gasteiger partial charge in [0.05, 0.1) is 6.10 Å². The highest BCUT2D eigenvalue weighted by Crippen LogP contribution is 2.18. The average molecular weight is 309 g/mol. The number of aliphatic hydroxyl groups excluding tert-OH is 1. The topological polar surface area (TPSA) is 58.0 Å². The number of anilines is 1. The zero-order chi connectivity index (χ0) is 16.1. The van der Waals surface area contributed by atoms with E-state index in [9.17, 15) is 9.50 Å². The number of hydrogen-bond acceptors (Lipinski definition) is 4. The minimum absolute atomic E-state index is 0.159. The van der Waals surface area contributed by atoms with E-state index in [-0.39, 0.29) is 12.1 Å². The van der Waals surface area contributed by atoms with E-state index in [0.717, 1.165) is 5.56 Å². The van der Waals surface area contributed by atoms with Gasteiger partial charge < -0.3 is 10.4 Å². The quantitative estimate of drug-likeness (QED) is 0.758. The number of hydrogen-bond donors (Lipinski definition) is 2. The van der Waals surface area contributed by atoms with Crippen LogP contribution in [-0.4, -0.2) is 21.6 Å². The molecule has 0 saturated carbocycles. The van der Waals surface area contributed by atoms with Gasteiger partial charge in [-0.05, 0) is 12.1 Å². The third kappa shape index (κ3) is 3.70. The van der Waals surface area contributed by atoms with E-state index in [4.69, 9.17) is 0 Å². The zero-order valence-corrected chi connectivity index (χ0v) is 12.4. The lowest BCUT2D eigenvalue weighted by molar-refractivity contribution is 0.186. The number of nitrogens with one attached hydrogen (secondary N) is 1. The number of aliphatic hydroxyl groups is 1. The fourth-order valence-electron chi connectivity index (χ4n) is 2.24. The minimum atomic E-state index is -0.952. The van der Waals surface area contributed by atoms with Crippen molar-refractivity contribution >= 4 is 5.82 Å². The van der Waals surface area contributed by atoms with Crippen molar-refractivity contribution in [1.29, 1.82) is 0 Å². The van der Waals surface area contributed by atoms with Crippen molar-refractivity contribution in [3.8, 4) is 11.4 Å². The molecular formula is C18H16FN3O. The highest BCUT2D eigenvalue weighted by Gasteiger charge is 2.12. The van der Waals surface area contributed by atoms with E-state index in [1.165, 1.54) is 6.07 Å². The highest BCUT2D eigenvalue weighted by molar-refractivity contribution is 5.56. The third-order valence-electron chi connectivity index (χ3n) is 3.43. The normalized spacial score (nSPS) is 11.9. The number of rotatable bonds is 5. The number of halogens is 1. The number of nitrogens with zero attached hydrogens (tertiary/aromatic N) is 2. The van der Waals surface area contributed by atoms with Gasteiger partial charge in [-0.1, -0.05) is 48.5 Å². The summed E-state index contributed by atoms with van der Waals surface area (Å²) in [5.41, 5.74) is 1.17. The zero-order valence-electron chi connectivity index (χ0n) is 12.4. The van der Waals surface area contributed by atoms with E-state index in [2.05, 4.69) is 15.3 Å². The largest absolute Gasteiger partial charge is 0.386 e. The molecule has 0 fully saturated rings. The van der Waals surface area contributed by atoms with Crippen LogP contribution in [0.2, 0.25) is 0 Å². The summed E-state index contributed by atoms with van der Waals surface area (Å²) < 4.78 is 13.6. The predicted octanol–water partition coefficient (Wildman–Crippen LogP) is 3.43. The van der Waals surface area contributed by atoms with Gasteiger partial charge in [0.1, 0.15) is 11.6 Å². The second-order valence-electron chi connectivity index (χ2n) is 5.05. The summed E-state index contributed by atoms with van der Waals surface area (Å²) in [7, 11) is 0. The van der Waals surface area contributed by atoms with Gasteiger partial charge in [0, 0.05) is 23.9 Å². The highest BCUT2D eigenvalue weighted by atomic mass is 19.1. The molecule has 1 heterocycles. The first-order valence-corrected chi connectivity index (χ1v) is 7.29. The van der Waals surface area contributed by atoms with Gasteiger partial charge in [-0.25, -0.2) is 14.4 Å². The van der Waals surface area contributed by atoms with Crippen molar-refractivity contribution in [2.24, 2.45) is 0 Å². The molecule has 0 spiro atoms. The molecule has 0 saturated heterocycles. The summed E-state index contributed by atoms with van der Waals surface area (Å²) in [5, 5.41) is 13.1. The van der Waals surface area contributed by atoms with Gasteiger partial charge in [-0.2, -0.15) is 0 Å². The fraction of sp³-hybridized carbons (Fsp3) is 0.111. The molecule has 0 aliphatic carbocycles. The molecule has 2 N–H and O–H groups in total. The first-order chi connectivity index (χ1) is 11.2. The Kier molecular flexibility index (Phi) is 4.59. The van der Waals surface area contributed by atoms with Crippen LogP contribution in [0.25, 0.3) is 11.4 Å². The molecule has 0 aliphatic heterocycles. The van der Waals surface area contributed by atoms with E-state index < -0.39 is 11.9 Å². The Morgan fingerprint density at radius 3 is 2.52 bits per heavy atom. The summed E-state index contributed by atoms with van der Waals surface area (Å²) in [6.07, 6.45) is 0.694. The second kappa shape index (κ2) is 6.98.